The molecule has 0 bridgehead atoms. The van der Waals surface area contributed by atoms with Gasteiger partial charge in [0.05, 0.1) is 18.8 Å². The van der Waals surface area contributed by atoms with E-state index in [1.54, 1.807) is 6.08 Å². The first-order valence-electron chi connectivity index (χ1n) is 32.2. The van der Waals surface area contributed by atoms with Gasteiger partial charge in [0.1, 0.15) is 0 Å². The molecular weight excluding hydrogens is 879 g/mol. The van der Waals surface area contributed by atoms with Crippen molar-refractivity contribution in [2.75, 3.05) is 6.61 Å². The predicted molar refractivity (Wildman–Crippen MR) is 322 cm³/mol. The number of rotatable bonds is 59. The molecule has 1 amide bonds. The summed E-state index contributed by atoms with van der Waals surface area (Å²) in [5.41, 5.74) is 0. The van der Waals surface area contributed by atoms with Crippen molar-refractivity contribution in [3.8, 4) is 0 Å². The molecule has 0 fully saturated rings. The molecule has 0 aliphatic heterocycles. The lowest BCUT2D eigenvalue weighted by Crippen LogP contribution is -2.45. The fraction of sp³-hybridized carbons (Fsp3) is 0.809. The van der Waals surface area contributed by atoms with Crippen LogP contribution in [0.5, 0.6) is 0 Å². The van der Waals surface area contributed by atoms with E-state index in [0.717, 1.165) is 51.4 Å². The summed E-state index contributed by atoms with van der Waals surface area (Å²) in [6.45, 7) is 4.31. The standard InChI is InChI=1S/C68H125NO3/c1-3-5-7-9-11-13-15-17-19-21-23-25-27-28-29-30-31-32-33-34-35-36-37-38-39-40-42-44-46-48-50-52-54-56-58-60-62-64-68(72)69-66(65-70)67(71)63-61-59-57-55-53-51-49-47-45-43-41-26-24-22-20-18-16-14-12-10-8-6-4-2/h15,17,21,23,27-28,45,47,53,55,61,63,66-67,70-71H,3-14,16,18-20,22,24-26,29-44,46,48-52,54,56-60,62,64-65H2,1-2H3,(H,69,72)/b17-15-,23-21-,28-27-,47-45+,55-53+,63-61+. The highest BCUT2D eigenvalue weighted by Crippen LogP contribution is 2.17. The molecule has 3 N–H and O–H groups in total. The molecule has 4 heteroatoms. The minimum atomic E-state index is -0.873. The normalized spacial score (nSPS) is 13.2. The summed E-state index contributed by atoms with van der Waals surface area (Å²) in [6.07, 6.45) is 91.0. The zero-order chi connectivity index (χ0) is 52.0. The van der Waals surface area contributed by atoms with Crippen molar-refractivity contribution >= 4 is 5.91 Å². The third-order valence-electron chi connectivity index (χ3n) is 14.6. The number of aliphatic hydroxyl groups excluding tert-OH is 2. The number of hydrogen-bond donors (Lipinski definition) is 3. The fourth-order valence-corrected chi connectivity index (χ4v) is 9.75. The summed E-state index contributed by atoms with van der Waals surface area (Å²) >= 11 is 0. The van der Waals surface area contributed by atoms with Gasteiger partial charge in [-0.2, -0.15) is 0 Å². The second kappa shape index (κ2) is 63.1. The van der Waals surface area contributed by atoms with Gasteiger partial charge in [0.2, 0.25) is 5.91 Å². The minimum absolute atomic E-state index is 0.0738. The molecule has 0 radical (unpaired) electrons. The topological polar surface area (TPSA) is 69.6 Å². The summed E-state index contributed by atoms with van der Waals surface area (Å²) in [4.78, 5) is 12.5. The Kier molecular flexibility index (Phi) is 61.2. The van der Waals surface area contributed by atoms with Crippen molar-refractivity contribution in [1.29, 1.82) is 0 Å². The zero-order valence-electron chi connectivity index (χ0n) is 48.4. The van der Waals surface area contributed by atoms with Crippen LogP contribution in [0.2, 0.25) is 0 Å². The molecule has 0 saturated carbocycles. The van der Waals surface area contributed by atoms with E-state index in [-0.39, 0.29) is 12.5 Å². The maximum absolute atomic E-state index is 12.5. The van der Waals surface area contributed by atoms with E-state index in [0.29, 0.717) is 6.42 Å². The lowest BCUT2D eigenvalue weighted by molar-refractivity contribution is -0.123. The SMILES string of the molecule is CCCCCCC/C=C\C/C=C\C/C=C\CCCCCCCCCCCCCCCCCCCCCCCCC(=O)NC(CO)C(O)/C=C/CC/C=C/CC/C=C/CCCCCCCCCCCCCCC. The van der Waals surface area contributed by atoms with E-state index in [1.807, 2.05) is 6.08 Å². The van der Waals surface area contributed by atoms with E-state index >= 15 is 0 Å². The van der Waals surface area contributed by atoms with Gasteiger partial charge < -0.3 is 15.5 Å². The van der Waals surface area contributed by atoms with Crippen molar-refractivity contribution in [2.45, 2.75) is 347 Å². The minimum Gasteiger partial charge on any atom is -0.394 e. The molecule has 2 atom stereocenters. The Morgan fingerprint density at radius 1 is 0.333 bits per heavy atom. The average molecular weight is 1000 g/mol. The third-order valence-corrected chi connectivity index (χ3v) is 14.6. The number of aliphatic hydroxyl groups is 2. The molecule has 2 unspecified atom stereocenters. The first-order chi connectivity index (χ1) is 35.7. The van der Waals surface area contributed by atoms with Crippen LogP contribution in [0.4, 0.5) is 0 Å². The molecule has 0 aromatic rings. The number of nitrogens with one attached hydrogen (secondary N) is 1. The molecule has 0 aromatic heterocycles. The molecule has 0 aliphatic rings. The number of carbonyl (C=O) groups is 1. The van der Waals surface area contributed by atoms with Crippen LogP contribution < -0.4 is 5.32 Å². The summed E-state index contributed by atoms with van der Waals surface area (Å²) in [5, 5.41) is 23.2. The second-order valence-electron chi connectivity index (χ2n) is 21.8. The highest BCUT2D eigenvalue weighted by atomic mass is 16.3. The first kappa shape index (κ1) is 69.8. The van der Waals surface area contributed by atoms with Gasteiger partial charge in [0.25, 0.3) is 0 Å². The molecule has 0 aliphatic carbocycles. The Bertz CT molecular complexity index is 1230. The third kappa shape index (κ3) is 58.7. The second-order valence-corrected chi connectivity index (χ2v) is 21.8. The van der Waals surface area contributed by atoms with Gasteiger partial charge in [0, 0.05) is 6.42 Å². The molecular formula is C68H125NO3. The molecule has 4 nitrogen and oxygen atoms in total. The fourth-order valence-electron chi connectivity index (χ4n) is 9.75. The maximum atomic E-state index is 12.5. The number of unbranched alkanes of at least 4 members (excludes halogenated alkanes) is 42. The van der Waals surface area contributed by atoms with Gasteiger partial charge in [-0.15, -0.1) is 0 Å². The Balaban J connectivity index is 3.49. The number of hydrogen-bond acceptors (Lipinski definition) is 3. The Morgan fingerprint density at radius 2 is 0.583 bits per heavy atom. The van der Waals surface area contributed by atoms with Gasteiger partial charge in [0.15, 0.2) is 0 Å². The van der Waals surface area contributed by atoms with Crippen LogP contribution in [0.3, 0.4) is 0 Å². The summed E-state index contributed by atoms with van der Waals surface area (Å²) < 4.78 is 0. The quantitative estimate of drug-likeness (QED) is 0.0420. The van der Waals surface area contributed by atoms with Gasteiger partial charge >= 0.3 is 0 Å². The molecule has 0 heterocycles. The van der Waals surface area contributed by atoms with Gasteiger partial charge in [-0.25, -0.2) is 0 Å². The van der Waals surface area contributed by atoms with Gasteiger partial charge in [-0.1, -0.05) is 318 Å². The van der Waals surface area contributed by atoms with E-state index in [9.17, 15) is 15.0 Å². The van der Waals surface area contributed by atoms with Crippen molar-refractivity contribution in [2.24, 2.45) is 0 Å². The number of allylic oxidation sites excluding steroid dienone is 11. The Hall–Kier alpha value is -2.17. The maximum Gasteiger partial charge on any atom is 0.220 e. The molecule has 0 saturated heterocycles. The van der Waals surface area contributed by atoms with Gasteiger partial charge in [-0.3, -0.25) is 4.79 Å². The smallest absolute Gasteiger partial charge is 0.220 e. The molecule has 0 aromatic carbocycles. The van der Waals surface area contributed by atoms with Crippen LogP contribution in [0.25, 0.3) is 0 Å². The lowest BCUT2D eigenvalue weighted by atomic mass is 10.0. The Labute approximate surface area is 450 Å². The van der Waals surface area contributed by atoms with Crippen LogP contribution in [-0.4, -0.2) is 34.9 Å². The predicted octanol–water partition coefficient (Wildman–Crippen LogP) is 21.7. The monoisotopic (exact) mass is 1000 g/mol. The molecule has 420 valence electrons. The number of carbonyl (C=O) groups excluding carboxylic acids is 1. The van der Waals surface area contributed by atoms with Crippen LogP contribution in [0.15, 0.2) is 72.9 Å². The molecule has 0 rings (SSSR count). The Morgan fingerprint density at radius 3 is 0.903 bits per heavy atom. The average Bonchev–Trinajstić information content (AvgIpc) is 3.39. The van der Waals surface area contributed by atoms with E-state index < -0.39 is 12.1 Å². The molecule has 0 spiro atoms. The van der Waals surface area contributed by atoms with E-state index in [1.165, 1.54) is 263 Å². The van der Waals surface area contributed by atoms with Crippen molar-refractivity contribution in [3.05, 3.63) is 72.9 Å². The lowest BCUT2D eigenvalue weighted by Gasteiger charge is -2.19. The number of amides is 1. The van der Waals surface area contributed by atoms with Crippen molar-refractivity contribution in [3.63, 3.8) is 0 Å². The highest BCUT2D eigenvalue weighted by molar-refractivity contribution is 5.76. The summed E-state index contributed by atoms with van der Waals surface area (Å²) in [6, 6.07) is -0.648. The van der Waals surface area contributed by atoms with Gasteiger partial charge in [-0.05, 0) is 83.5 Å². The molecule has 72 heavy (non-hydrogen) atoms. The summed E-state index contributed by atoms with van der Waals surface area (Å²) in [7, 11) is 0. The van der Waals surface area contributed by atoms with Crippen molar-refractivity contribution < 1.29 is 15.0 Å². The van der Waals surface area contributed by atoms with Crippen LogP contribution in [0, 0.1) is 0 Å². The van der Waals surface area contributed by atoms with E-state index in [2.05, 4.69) is 79.9 Å². The largest absolute Gasteiger partial charge is 0.394 e. The van der Waals surface area contributed by atoms with Crippen LogP contribution >= 0.6 is 0 Å². The van der Waals surface area contributed by atoms with Crippen LogP contribution in [-0.2, 0) is 4.79 Å². The first-order valence-corrected chi connectivity index (χ1v) is 32.2. The van der Waals surface area contributed by atoms with E-state index in [4.69, 9.17) is 0 Å². The van der Waals surface area contributed by atoms with Crippen LogP contribution in [0.1, 0.15) is 335 Å². The summed E-state index contributed by atoms with van der Waals surface area (Å²) in [5.74, 6) is -0.0738. The highest BCUT2D eigenvalue weighted by Gasteiger charge is 2.18. The zero-order valence-corrected chi connectivity index (χ0v) is 48.4. The van der Waals surface area contributed by atoms with Crippen molar-refractivity contribution in [1.82, 2.24) is 5.32 Å².